The normalized spacial score (nSPS) is 20.0. The quantitative estimate of drug-likeness (QED) is 0.384. The minimum absolute atomic E-state index is 0.247. The number of rotatable bonds is 8. The van der Waals surface area contributed by atoms with Crippen molar-refractivity contribution in [3.63, 3.8) is 0 Å². The van der Waals surface area contributed by atoms with Gasteiger partial charge in [-0.3, -0.25) is 0 Å². The topological polar surface area (TPSA) is 95.5 Å². The second-order valence-electron chi connectivity index (χ2n) is 5.88. The molecule has 0 spiro atoms. The van der Waals surface area contributed by atoms with Crippen molar-refractivity contribution in [3.8, 4) is 5.88 Å². The maximum atomic E-state index is 8.96. The van der Waals surface area contributed by atoms with E-state index in [0.29, 0.717) is 24.1 Å². The van der Waals surface area contributed by atoms with Gasteiger partial charge >= 0.3 is 0 Å². The number of aromatic nitrogens is 1. The molecule has 1 aliphatic heterocycles. The molecule has 4 N–H and O–H groups in total. The maximum absolute atomic E-state index is 8.96. The van der Waals surface area contributed by atoms with Crippen molar-refractivity contribution >= 4 is 5.71 Å². The fourth-order valence-corrected chi connectivity index (χ4v) is 2.69. The highest BCUT2D eigenvalue weighted by molar-refractivity contribution is 6.06. The summed E-state index contributed by atoms with van der Waals surface area (Å²) >= 11 is 0. The van der Waals surface area contributed by atoms with Gasteiger partial charge in [0.25, 0.3) is 0 Å². The summed E-state index contributed by atoms with van der Waals surface area (Å²) in [7, 11) is 0. The smallest absolute Gasteiger partial charge is 0.213 e. The zero-order valence-electron chi connectivity index (χ0n) is 13.6. The second-order valence-corrected chi connectivity index (χ2v) is 5.88. The molecule has 0 amide bonds. The van der Waals surface area contributed by atoms with Crippen LogP contribution in [0, 0.1) is 5.41 Å². The molecule has 1 unspecified atom stereocenters. The number of nitrogens with one attached hydrogen (secondary N) is 1. The Bertz CT molecular complexity index is 528. The Hall–Kier alpha value is -1.76. The summed E-state index contributed by atoms with van der Waals surface area (Å²) in [4.78, 5) is 6.71. The molecule has 2 rings (SSSR count). The second kappa shape index (κ2) is 8.76. The van der Waals surface area contributed by atoms with Crippen molar-refractivity contribution in [1.82, 2.24) is 9.88 Å². The minimum Gasteiger partial charge on any atom is -0.478 e. The molecule has 126 valence electrons. The Labute approximate surface area is 137 Å². The Morgan fingerprint density at radius 2 is 2.43 bits per heavy atom. The van der Waals surface area contributed by atoms with E-state index in [1.54, 1.807) is 18.3 Å². The number of nitrogens with zero attached hydrogens (tertiary/aromatic N) is 2. The van der Waals surface area contributed by atoms with E-state index in [1.807, 2.05) is 0 Å². The van der Waals surface area contributed by atoms with E-state index < -0.39 is 6.23 Å². The molecule has 2 atom stereocenters. The predicted octanol–water partition coefficient (Wildman–Crippen LogP) is 1.54. The lowest BCUT2D eigenvalue weighted by atomic mass is 10.1. The van der Waals surface area contributed by atoms with Crippen molar-refractivity contribution in [3.05, 3.63) is 36.0 Å². The summed E-state index contributed by atoms with van der Waals surface area (Å²) in [6.07, 6.45) is 6.93. The van der Waals surface area contributed by atoms with Crippen LogP contribution in [0.2, 0.25) is 0 Å². The average molecular weight is 318 g/mol. The summed E-state index contributed by atoms with van der Waals surface area (Å²) in [6.45, 7) is 5.19. The Morgan fingerprint density at radius 3 is 3.04 bits per heavy atom. The van der Waals surface area contributed by atoms with Crippen LogP contribution in [0.4, 0.5) is 0 Å². The molecule has 1 saturated heterocycles. The van der Waals surface area contributed by atoms with E-state index >= 15 is 0 Å². The average Bonchev–Trinajstić information content (AvgIpc) is 2.95. The number of pyridine rings is 1. The summed E-state index contributed by atoms with van der Waals surface area (Å²) in [5, 5.41) is 16.8. The number of allylic oxidation sites excluding steroid dienone is 1. The predicted molar refractivity (Wildman–Crippen MR) is 90.8 cm³/mol. The zero-order chi connectivity index (χ0) is 16.7. The molecular weight excluding hydrogens is 292 g/mol. The first kappa shape index (κ1) is 17.6. The van der Waals surface area contributed by atoms with Crippen LogP contribution < -0.4 is 10.5 Å². The van der Waals surface area contributed by atoms with Crippen LogP contribution in [-0.2, 0) is 0 Å². The molecule has 2 heterocycles. The lowest BCUT2D eigenvalue weighted by Gasteiger charge is -2.20. The third kappa shape index (κ3) is 5.74. The monoisotopic (exact) mass is 318 g/mol. The summed E-state index contributed by atoms with van der Waals surface area (Å²) in [5.74, 6) is 0.568. The molecule has 1 fully saturated rings. The van der Waals surface area contributed by atoms with Crippen molar-refractivity contribution in [1.29, 1.82) is 5.41 Å². The van der Waals surface area contributed by atoms with Crippen LogP contribution in [0.25, 0.3) is 0 Å². The fourth-order valence-electron chi connectivity index (χ4n) is 2.69. The lowest BCUT2D eigenvalue weighted by Crippen LogP contribution is -2.28. The SMILES string of the molecule is C[C@@H]1CCCN1CCCOc1ccc(C(=N)/C=C\C(N)O)cn1. The maximum Gasteiger partial charge on any atom is 0.213 e. The van der Waals surface area contributed by atoms with E-state index in [-0.39, 0.29) is 5.71 Å². The minimum atomic E-state index is -1.05. The summed E-state index contributed by atoms with van der Waals surface area (Å²) < 4.78 is 5.65. The molecule has 6 nitrogen and oxygen atoms in total. The largest absolute Gasteiger partial charge is 0.478 e. The van der Waals surface area contributed by atoms with Gasteiger partial charge in [0.2, 0.25) is 5.88 Å². The third-order valence-corrected chi connectivity index (χ3v) is 4.04. The first-order valence-electron chi connectivity index (χ1n) is 8.10. The van der Waals surface area contributed by atoms with Gasteiger partial charge in [0.1, 0.15) is 6.23 Å². The van der Waals surface area contributed by atoms with Gasteiger partial charge in [-0.25, -0.2) is 4.98 Å². The number of ether oxygens (including phenoxy) is 1. The van der Waals surface area contributed by atoms with E-state index in [0.717, 1.165) is 13.0 Å². The number of aliphatic hydroxyl groups excluding tert-OH is 1. The molecule has 0 aliphatic carbocycles. The molecule has 0 aromatic carbocycles. The molecular formula is C17H26N4O2. The number of nitrogens with two attached hydrogens (primary N) is 1. The summed E-state index contributed by atoms with van der Waals surface area (Å²) in [5.41, 5.74) is 6.10. The van der Waals surface area contributed by atoms with E-state index in [1.165, 1.54) is 31.5 Å². The number of hydrogen-bond acceptors (Lipinski definition) is 6. The van der Waals surface area contributed by atoms with Gasteiger partial charge in [-0.05, 0) is 50.9 Å². The highest BCUT2D eigenvalue weighted by Crippen LogP contribution is 2.16. The van der Waals surface area contributed by atoms with Gasteiger partial charge in [0.15, 0.2) is 0 Å². The van der Waals surface area contributed by atoms with Gasteiger partial charge in [0.05, 0.1) is 12.3 Å². The highest BCUT2D eigenvalue weighted by atomic mass is 16.5. The van der Waals surface area contributed by atoms with Crippen molar-refractivity contribution in [2.45, 2.75) is 38.5 Å². The molecule has 0 bridgehead atoms. The van der Waals surface area contributed by atoms with Crippen LogP contribution in [0.1, 0.15) is 31.7 Å². The first-order chi connectivity index (χ1) is 11.1. The fraction of sp³-hybridized carbons (Fsp3) is 0.529. The van der Waals surface area contributed by atoms with Crippen LogP contribution in [-0.4, -0.2) is 52.7 Å². The molecule has 6 heteroatoms. The van der Waals surface area contributed by atoms with Crippen LogP contribution in [0.15, 0.2) is 30.5 Å². The van der Waals surface area contributed by atoms with Crippen molar-refractivity contribution < 1.29 is 9.84 Å². The van der Waals surface area contributed by atoms with Crippen LogP contribution in [0.5, 0.6) is 5.88 Å². The first-order valence-corrected chi connectivity index (χ1v) is 8.10. The number of likely N-dealkylation sites (tertiary alicyclic amines) is 1. The molecule has 1 aliphatic rings. The van der Waals surface area contributed by atoms with E-state index in [2.05, 4.69) is 16.8 Å². The Kier molecular flexibility index (Phi) is 6.70. The van der Waals surface area contributed by atoms with Gasteiger partial charge in [-0.15, -0.1) is 0 Å². The molecule has 23 heavy (non-hydrogen) atoms. The lowest BCUT2D eigenvalue weighted by molar-refractivity contribution is 0.227. The molecule has 0 radical (unpaired) electrons. The van der Waals surface area contributed by atoms with Crippen molar-refractivity contribution in [2.24, 2.45) is 5.73 Å². The molecule has 1 aromatic heterocycles. The van der Waals surface area contributed by atoms with E-state index in [9.17, 15) is 0 Å². The summed E-state index contributed by atoms with van der Waals surface area (Å²) in [6, 6.07) is 4.23. The highest BCUT2D eigenvalue weighted by Gasteiger charge is 2.19. The Morgan fingerprint density at radius 1 is 1.61 bits per heavy atom. The van der Waals surface area contributed by atoms with Gasteiger partial charge < -0.3 is 25.9 Å². The van der Waals surface area contributed by atoms with E-state index in [4.69, 9.17) is 21.0 Å². The van der Waals surface area contributed by atoms with Crippen molar-refractivity contribution in [2.75, 3.05) is 19.7 Å². The van der Waals surface area contributed by atoms with Gasteiger partial charge in [-0.1, -0.05) is 0 Å². The van der Waals surface area contributed by atoms with Gasteiger partial charge in [0, 0.05) is 30.4 Å². The number of aliphatic hydroxyl groups is 1. The standard InChI is InChI=1S/C17H26N4O2/c1-13-4-2-9-21(13)10-3-11-23-17-8-5-14(12-20-17)15(18)6-7-16(19)22/h5-8,12-13,16,18,22H,2-4,9-11,19H2,1H3/b7-6-,18-15?/t13-,16?/m1/s1. The van der Waals surface area contributed by atoms with Crippen LogP contribution >= 0.6 is 0 Å². The zero-order valence-corrected chi connectivity index (χ0v) is 13.6. The van der Waals surface area contributed by atoms with Gasteiger partial charge in [-0.2, -0.15) is 0 Å². The molecule has 1 aromatic rings. The Balaban J connectivity index is 1.73. The third-order valence-electron chi connectivity index (χ3n) is 4.04. The van der Waals surface area contributed by atoms with Crippen LogP contribution in [0.3, 0.4) is 0 Å². The number of hydrogen-bond donors (Lipinski definition) is 3. The molecule has 0 saturated carbocycles.